The van der Waals surface area contributed by atoms with Crippen LogP contribution in [0.3, 0.4) is 0 Å². The van der Waals surface area contributed by atoms with E-state index in [9.17, 15) is 9.59 Å². The summed E-state index contributed by atoms with van der Waals surface area (Å²) in [5.41, 5.74) is 0. The molecule has 1 saturated heterocycles. The van der Waals surface area contributed by atoms with Crippen molar-refractivity contribution in [1.82, 2.24) is 4.90 Å². The van der Waals surface area contributed by atoms with E-state index in [0.717, 1.165) is 70.8 Å². The van der Waals surface area contributed by atoms with Gasteiger partial charge < -0.3 is 23.8 Å². The molecule has 1 aliphatic heterocycles. The lowest BCUT2D eigenvalue weighted by Crippen LogP contribution is -2.42. The molecule has 1 heterocycles. The van der Waals surface area contributed by atoms with Crippen molar-refractivity contribution in [2.24, 2.45) is 11.8 Å². The molecule has 0 aliphatic carbocycles. The van der Waals surface area contributed by atoms with Crippen LogP contribution >= 0.6 is 0 Å². The Morgan fingerprint density at radius 2 is 0.860 bits per heavy atom. The van der Waals surface area contributed by atoms with Crippen molar-refractivity contribution in [3.8, 4) is 0 Å². The molecule has 7 heteroatoms. The molecule has 0 bridgehead atoms. The van der Waals surface area contributed by atoms with Crippen LogP contribution in [0.4, 0.5) is 0 Å². The van der Waals surface area contributed by atoms with Gasteiger partial charge in [-0.3, -0.25) is 9.59 Å². The van der Waals surface area contributed by atoms with Crippen molar-refractivity contribution in [3.63, 3.8) is 0 Å². The van der Waals surface area contributed by atoms with Crippen molar-refractivity contribution in [2.45, 2.75) is 258 Å². The summed E-state index contributed by atoms with van der Waals surface area (Å²) in [5.74, 6) is -0.506. The fourth-order valence-electron chi connectivity index (χ4n) is 8.35. The van der Waals surface area contributed by atoms with E-state index in [4.69, 9.17) is 18.9 Å². The fraction of sp³-hybridized carbons (Fsp3) is 0.960. The number of hydrogen-bond acceptors (Lipinski definition) is 7. The van der Waals surface area contributed by atoms with Crippen molar-refractivity contribution < 1.29 is 28.5 Å². The molecule has 0 aromatic heterocycles. The summed E-state index contributed by atoms with van der Waals surface area (Å²) < 4.78 is 25.2. The lowest BCUT2D eigenvalue weighted by molar-refractivity contribution is -0.172. The predicted octanol–water partition coefficient (Wildman–Crippen LogP) is 14.0. The maximum absolute atomic E-state index is 14.1. The Kier molecular flexibility index (Phi) is 36.8. The number of rotatable bonds is 42. The summed E-state index contributed by atoms with van der Waals surface area (Å²) in [7, 11) is 4.14. The van der Waals surface area contributed by atoms with Gasteiger partial charge in [0.25, 0.3) is 0 Å². The molecule has 0 saturated carbocycles. The topological polar surface area (TPSA) is 74.3 Å². The zero-order chi connectivity index (χ0) is 41.6. The molecule has 2 unspecified atom stereocenters. The molecule has 1 aliphatic rings. The number of ether oxygens (including phenoxy) is 4. The summed E-state index contributed by atoms with van der Waals surface area (Å²) in [4.78, 5) is 30.3. The van der Waals surface area contributed by atoms with E-state index in [1.165, 1.54) is 148 Å². The van der Waals surface area contributed by atoms with Crippen LogP contribution in [-0.2, 0) is 28.5 Å². The molecule has 338 valence electrons. The number of unbranched alkanes of at least 4 members (excludes halogenated alkanes) is 24. The summed E-state index contributed by atoms with van der Waals surface area (Å²) in [5, 5.41) is 0. The molecule has 0 aromatic rings. The highest BCUT2D eigenvalue weighted by atomic mass is 16.6. The van der Waals surface area contributed by atoms with Crippen LogP contribution in [-0.4, -0.2) is 75.6 Å². The van der Waals surface area contributed by atoms with Gasteiger partial charge in [0.1, 0.15) is 6.10 Å². The van der Waals surface area contributed by atoms with E-state index in [-0.39, 0.29) is 30.4 Å². The second-order valence-corrected chi connectivity index (χ2v) is 18.0. The second-order valence-electron chi connectivity index (χ2n) is 18.0. The van der Waals surface area contributed by atoms with E-state index in [2.05, 4.69) is 46.7 Å². The van der Waals surface area contributed by atoms with Gasteiger partial charge in [-0.05, 0) is 52.7 Å². The maximum atomic E-state index is 14.1. The summed E-state index contributed by atoms with van der Waals surface area (Å²) >= 11 is 0. The van der Waals surface area contributed by atoms with Crippen LogP contribution < -0.4 is 0 Å². The third kappa shape index (κ3) is 29.7. The quantitative estimate of drug-likeness (QED) is 0.0449. The molecule has 1 fully saturated rings. The minimum absolute atomic E-state index is 0.114. The largest absolute Gasteiger partial charge is 0.456 e. The molecule has 0 spiro atoms. The number of nitrogens with zero attached hydrogens (tertiary/aromatic N) is 1. The maximum Gasteiger partial charge on any atom is 0.309 e. The standard InChI is InChI=1S/C50H97NO6/c1-7-11-15-19-23-25-29-33-37-44(36-31-27-21-17-13-9-3)49(52)56-47-43-55-46(42-54-41-35-40-51(5)6)48(47)57-50(53)45(38-32-28-22-18-14-10-4)39-34-30-26-24-20-16-12-8-2/h44-48H,7-43H2,1-6H3/t44?,45?,46-,47+,48+/m1/s1. The van der Waals surface area contributed by atoms with Crippen molar-refractivity contribution in [3.05, 3.63) is 0 Å². The Morgan fingerprint density at radius 3 is 1.23 bits per heavy atom. The average Bonchev–Trinajstić information content (AvgIpc) is 3.56. The number of carbonyl (C=O) groups is 2. The van der Waals surface area contributed by atoms with Crippen LogP contribution in [0.2, 0.25) is 0 Å². The van der Waals surface area contributed by atoms with Gasteiger partial charge in [0.15, 0.2) is 12.2 Å². The first-order chi connectivity index (χ1) is 27.9. The fourth-order valence-corrected chi connectivity index (χ4v) is 8.35. The summed E-state index contributed by atoms with van der Waals surface area (Å²) in [6, 6.07) is 0. The number of hydrogen-bond donors (Lipinski definition) is 0. The molecule has 1 rings (SSSR count). The first-order valence-electron chi connectivity index (χ1n) is 25.1. The predicted molar refractivity (Wildman–Crippen MR) is 241 cm³/mol. The Bertz CT molecular complexity index is 898. The number of carbonyl (C=O) groups excluding carboxylic acids is 2. The molecule has 0 radical (unpaired) electrons. The van der Waals surface area contributed by atoms with Gasteiger partial charge >= 0.3 is 11.9 Å². The normalized spacial score (nSPS) is 18.0. The lowest BCUT2D eigenvalue weighted by Gasteiger charge is -2.27. The first kappa shape index (κ1) is 53.8. The highest BCUT2D eigenvalue weighted by molar-refractivity contribution is 5.74. The van der Waals surface area contributed by atoms with Crippen LogP contribution in [0.5, 0.6) is 0 Å². The van der Waals surface area contributed by atoms with Crippen LogP contribution in [0, 0.1) is 11.8 Å². The molecule has 0 aromatic carbocycles. The molecule has 57 heavy (non-hydrogen) atoms. The number of esters is 2. The highest BCUT2D eigenvalue weighted by Gasteiger charge is 2.44. The summed E-state index contributed by atoms with van der Waals surface area (Å²) in [6.45, 7) is 11.2. The Morgan fingerprint density at radius 1 is 0.509 bits per heavy atom. The minimum Gasteiger partial charge on any atom is -0.456 e. The minimum atomic E-state index is -0.640. The highest BCUT2D eigenvalue weighted by Crippen LogP contribution is 2.29. The second kappa shape index (κ2) is 39.0. The SMILES string of the molecule is CCCCCCCCCCC(CCCCCCCC)C(=O)O[C@@H]1[C@@H](OC(=O)C(CCCCCCCC)CCCCCCCCCC)CO[C@@H]1COCCCN(C)C. The van der Waals surface area contributed by atoms with Gasteiger partial charge in [0, 0.05) is 6.61 Å². The van der Waals surface area contributed by atoms with E-state index < -0.39 is 18.3 Å². The smallest absolute Gasteiger partial charge is 0.309 e. The zero-order valence-corrected chi connectivity index (χ0v) is 38.9. The Hall–Kier alpha value is -1.18. The van der Waals surface area contributed by atoms with E-state index in [1.54, 1.807) is 0 Å². The first-order valence-corrected chi connectivity index (χ1v) is 25.1. The Balaban J connectivity index is 3.01. The van der Waals surface area contributed by atoms with E-state index >= 15 is 0 Å². The Labute approximate surface area is 354 Å². The van der Waals surface area contributed by atoms with E-state index in [0.29, 0.717) is 13.2 Å². The zero-order valence-electron chi connectivity index (χ0n) is 38.9. The molecule has 0 amide bonds. The molecular weight excluding hydrogens is 711 g/mol. The van der Waals surface area contributed by atoms with Gasteiger partial charge in [-0.2, -0.15) is 0 Å². The average molecular weight is 808 g/mol. The third-order valence-corrected chi connectivity index (χ3v) is 12.2. The van der Waals surface area contributed by atoms with Gasteiger partial charge in [0.05, 0.1) is 25.0 Å². The monoisotopic (exact) mass is 808 g/mol. The lowest BCUT2D eigenvalue weighted by atomic mass is 9.93. The van der Waals surface area contributed by atoms with Crippen LogP contribution in [0.25, 0.3) is 0 Å². The van der Waals surface area contributed by atoms with Gasteiger partial charge in [-0.25, -0.2) is 0 Å². The molecular formula is C50H97NO6. The molecule has 0 N–H and O–H groups in total. The molecule has 7 nitrogen and oxygen atoms in total. The van der Waals surface area contributed by atoms with Crippen LogP contribution in [0.1, 0.15) is 240 Å². The van der Waals surface area contributed by atoms with E-state index in [1.807, 2.05) is 0 Å². The third-order valence-electron chi connectivity index (χ3n) is 12.2. The van der Waals surface area contributed by atoms with Crippen LogP contribution in [0.15, 0.2) is 0 Å². The van der Waals surface area contributed by atoms with Crippen molar-refractivity contribution in [1.29, 1.82) is 0 Å². The van der Waals surface area contributed by atoms with Crippen molar-refractivity contribution >= 4 is 11.9 Å². The van der Waals surface area contributed by atoms with Crippen molar-refractivity contribution in [2.75, 3.05) is 40.5 Å². The molecule has 5 atom stereocenters. The van der Waals surface area contributed by atoms with Gasteiger partial charge in [-0.15, -0.1) is 0 Å². The van der Waals surface area contributed by atoms with Gasteiger partial charge in [-0.1, -0.05) is 207 Å². The summed E-state index contributed by atoms with van der Waals surface area (Å²) in [6.07, 6.45) is 37.2. The van der Waals surface area contributed by atoms with Gasteiger partial charge in [0.2, 0.25) is 0 Å².